The number of nitrogens with two attached hydrogens (primary N) is 1. The fourth-order valence-electron chi connectivity index (χ4n) is 1.85. The number of pyridine rings is 1. The van der Waals surface area contributed by atoms with Gasteiger partial charge in [0.25, 0.3) is 0 Å². The van der Waals surface area contributed by atoms with Gasteiger partial charge >= 0.3 is 0 Å². The predicted octanol–water partition coefficient (Wildman–Crippen LogP) is 2.17. The Hall–Kier alpha value is -1.13. The maximum absolute atomic E-state index is 5.90. The highest BCUT2D eigenvalue weighted by Gasteiger charge is 2.13. The topological polar surface area (TPSA) is 56.7 Å². The van der Waals surface area contributed by atoms with Crippen molar-refractivity contribution in [3.05, 3.63) is 23.1 Å². The zero-order valence-corrected chi connectivity index (χ0v) is 10.2. The summed E-state index contributed by atoms with van der Waals surface area (Å²) < 4.78 is 2.11. The van der Waals surface area contributed by atoms with Crippen molar-refractivity contribution >= 4 is 22.8 Å². The van der Waals surface area contributed by atoms with Gasteiger partial charge in [0.2, 0.25) is 0 Å². The lowest BCUT2D eigenvalue weighted by Crippen LogP contribution is -2.11. The molecule has 0 aliphatic carbocycles. The lowest BCUT2D eigenvalue weighted by molar-refractivity contribution is 0.580. The van der Waals surface area contributed by atoms with Gasteiger partial charge in [-0.2, -0.15) is 0 Å². The van der Waals surface area contributed by atoms with Crippen LogP contribution in [0.2, 0.25) is 5.02 Å². The molecule has 0 radical (unpaired) electrons. The Morgan fingerprint density at radius 1 is 1.50 bits per heavy atom. The first-order chi connectivity index (χ1) is 7.63. The molecule has 5 heteroatoms. The third-order valence-electron chi connectivity index (χ3n) is 2.45. The second-order valence-corrected chi connectivity index (χ2v) is 4.46. The van der Waals surface area contributed by atoms with Gasteiger partial charge in [-0.3, -0.25) is 0 Å². The van der Waals surface area contributed by atoms with Gasteiger partial charge in [-0.25, -0.2) is 9.97 Å². The van der Waals surface area contributed by atoms with E-state index in [0.29, 0.717) is 17.6 Å². The summed E-state index contributed by atoms with van der Waals surface area (Å²) in [5.74, 6) is 0.974. The summed E-state index contributed by atoms with van der Waals surface area (Å²) in [5, 5.41) is 0.611. The lowest BCUT2D eigenvalue weighted by Gasteiger charge is -2.11. The second-order valence-electron chi connectivity index (χ2n) is 4.03. The van der Waals surface area contributed by atoms with Crippen molar-refractivity contribution in [2.75, 3.05) is 6.54 Å². The number of halogens is 1. The van der Waals surface area contributed by atoms with E-state index in [4.69, 9.17) is 17.3 Å². The molecule has 0 saturated carbocycles. The molecule has 0 amide bonds. The van der Waals surface area contributed by atoms with Gasteiger partial charge in [-0.05, 0) is 26.5 Å². The molecule has 2 heterocycles. The molecular formula is C11H15ClN4. The van der Waals surface area contributed by atoms with Crippen LogP contribution in [0.1, 0.15) is 25.7 Å². The average Bonchev–Trinajstić information content (AvgIpc) is 2.55. The van der Waals surface area contributed by atoms with E-state index in [1.165, 1.54) is 0 Å². The van der Waals surface area contributed by atoms with Gasteiger partial charge < -0.3 is 10.3 Å². The molecule has 2 aromatic rings. The highest BCUT2D eigenvalue weighted by Crippen LogP contribution is 2.21. The Kier molecular flexibility index (Phi) is 3.12. The third-order valence-corrected chi connectivity index (χ3v) is 2.66. The molecule has 0 spiro atoms. The van der Waals surface area contributed by atoms with E-state index in [-0.39, 0.29) is 0 Å². The van der Waals surface area contributed by atoms with Crippen LogP contribution in [0.15, 0.2) is 12.3 Å². The number of aromatic nitrogens is 3. The van der Waals surface area contributed by atoms with E-state index < -0.39 is 0 Å². The zero-order chi connectivity index (χ0) is 11.7. The van der Waals surface area contributed by atoms with Crippen molar-refractivity contribution in [3.63, 3.8) is 0 Å². The van der Waals surface area contributed by atoms with Crippen molar-refractivity contribution in [1.82, 2.24) is 14.5 Å². The van der Waals surface area contributed by atoms with Crippen LogP contribution >= 0.6 is 11.6 Å². The summed E-state index contributed by atoms with van der Waals surface area (Å²) >= 11 is 5.90. The quantitative estimate of drug-likeness (QED) is 0.892. The first-order valence-electron chi connectivity index (χ1n) is 5.36. The first-order valence-corrected chi connectivity index (χ1v) is 5.73. The van der Waals surface area contributed by atoms with Crippen LogP contribution in [0.3, 0.4) is 0 Å². The maximum atomic E-state index is 5.90. The molecule has 16 heavy (non-hydrogen) atoms. The van der Waals surface area contributed by atoms with E-state index in [1.807, 2.05) is 6.07 Å². The molecule has 0 unspecified atom stereocenters. The van der Waals surface area contributed by atoms with Crippen molar-refractivity contribution in [2.45, 2.75) is 26.3 Å². The van der Waals surface area contributed by atoms with Gasteiger partial charge in [0.05, 0.1) is 5.02 Å². The molecule has 0 saturated heterocycles. The van der Waals surface area contributed by atoms with Crippen LogP contribution in [0.25, 0.3) is 11.2 Å². The molecule has 0 aliphatic rings. The minimum atomic E-state index is 0.320. The SMILES string of the molecule is CC(C)n1c(CCN)nc2cc(Cl)cnc21. The standard InChI is InChI=1S/C11H15ClN4/c1-7(2)16-10(3-4-13)15-9-5-8(12)6-14-11(9)16/h5-7H,3-4,13H2,1-2H3. The number of rotatable bonds is 3. The Bertz CT molecular complexity index is 504. The molecule has 0 atom stereocenters. The zero-order valence-electron chi connectivity index (χ0n) is 9.44. The first kappa shape index (κ1) is 11.4. The number of hydrogen-bond acceptors (Lipinski definition) is 3. The molecule has 2 rings (SSSR count). The highest BCUT2D eigenvalue weighted by atomic mass is 35.5. The minimum Gasteiger partial charge on any atom is -0.330 e. The van der Waals surface area contributed by atoms with Gasteiger partial charge in [-0.15, -0.1) is 0 Å². The van der Waals surface area contributed by atoms with E-state index in [0.717, 1.165) is 23.4 Å². The third kappa shape index (κ3) is 1.90. The number of nitrogens with zero attached hydrogens (tertiary/aromatic N) is 3. The minimum absolute atomic E-state index is 0.320. The largest absolute Gasteiger partial charge is 0.330 e. The summed E-state index contributed by atoms with van der Waals surface area (Å²) in [4.78, 5) is 8.85. The highest BCUT2D eigenvalue weighted by molar-refractivity contribution is 6.31. The molecule has 0 aliphatic heterocycles. The normalized spacial score (nSPS) is 11.6. The number of hydrogen-bond donors (Lipinski definition) is 1. The van der Waals surface area contributed by atoms with Crippen LogP contribution < -0.4 is 5.73 Å². The summed E-state index contributed by atoms with van der Waals surface area (Å²) in [7, 11) is 0. The molecule has 86 valence electrons. The predicted molar refractivity (Wildman–Crippen MR) is 65.7 cm³/mol. The molecule has 0 bridgehead atoms. The van der Waals surface area contributed by atoms with Gasteiger partial charge in [0.15, 0.2) is 5.65 Å². The Balaban J connectivity index is 2.65. The van der Waals surface area contributed by atoms with Crippen molar-refractivity contribution in [3.8, 4) is 0 Å². The van der Waals surface area contributed by atoms with Crippen LogP contribution in [0.5, 0.6) is 0 Å². The molecule has 2 N–H and O–H groups in total. The summed E-state index contributed by atoms with van der Waals surface area (Å²) in [6, 6.07) is 2.16. The fraction of sp³-hybridized carbons (Fsp3) is 0.455. The van der Waals surface area contributed by atoms with Gasteiger partial charge in [0, 0.05) is 18.7 Å². The fourth-order valence-corrected chi connectivity index (χ4v) is 2.00. The van der Waals surface area contributed by atoms with E-state index in [1.54, 1.807) is 6.20 Å². The monoisotopic (exact) mass is 238 g/mol. The maximum Gasteiger partial charge on any atom is 0.160 e. The lowest BCUT2D eigenvalue weighted by atomic mass is 10.3. The average molecular weight is 239 g/mol. The molecule has 4 nitrogen and oxygen atoms in total. The molecular weight excluding hydrogens is 224 g/mol. The molecule has 0 aromatic carbocycles. The number of imidazole rings is 1. The van der Waals surface area contributed by atoms with E-state index >= 15 is 0 Å². The van der Waals surface area contributed by atoms with Gasteiger partial charge in [0.1, 0.15) is 11.3 Å². The van der Waals surface area contributed by atoms with E-state index in [9.17, 15) is 0 Å². The smallest absolute Gasteiger partial charge is 0.160 e. The Morgan fingerprint density at radius 3 is 2.88 bits per heavy atom. The Labute approximate surface area is 99.4 Å². The summed E-state index contributed by atoms with van der Waals surface area (Å²) in [6.07, 6.45) is 2.41. The van der Waals surface area contributed by atoms with Crippen LogP contribution in [0, 0.1) is 0 Å². The van der Waals surface area contributed by atoms with Crippen LogP contribution in [-0.2, 0) is 6.42 Å². The van der Waals surface area contributed by atoms with Crippen molar-refractivity contribution < 1.29 is 0 Å². The van der Waals surface area contributed by atoms with Crippen LogP contribution in [0.4, 0.5) is 0 Å². The molecule has 0 fully saturated rings. The van der Waals surface area contributed by atoms with Crippen molar-refractivity contribution in [1.29, 1.82) is 0 Å². The van der Waals surface area contributed by atoms with Gasteiger partial charge in [-0.1, -0.05) is 11.6 Å². The Morgan fingerprint density at radius 2 is 2.25 bits per heavy atom. The second kappa shape index (κ2) is 4.39. The van der Waals surface area contributed by atoms with E-state index in [2.05, 4.69) is 28.4 Å². The summed E-state index contributed by atoms with van der Waals surface area (Å²) in [6.45, 7) is 4.80. The van der Waals surface area contributed by atoms with Crippen molar-refractivity contribution in [2.24, 2.45) is 5.73 Å². The number of fused-ring (bicyclic) bond motifs is 1. The molecule has 2 aromatic heterocycles. The van der Waals surface area contributed by atoms with Crippen LogP contribution in [-0.4, -0.2) is 21.1 Å². The summed E-state index contributed by atoms with van der Waals surface area (Å²) in [5.41, 5.74) is 7.30.